The zero-order chi connectivity index (χ0) is 15.8. The molecule has 1 atom stereocenters. The van der Waals surface area contributed by atoms with E-state index in [9.17, 15) is 14.4 Å². The summed E-state index contributed by atoms with van der Waals surface area (Å²) in [5, 5.41) is 15.7. The van der Waals surface area contributed by atoms with Crippen LogP contribution in [0.15, 0.2) is 15.9 Å². The lowest BCUT2D eigenvalue weighted by Gasteiger charge is -2.14. The highest BCUT2D eigenvalue weighted by atomic mass is 79.9. The van der Waals surface area contributed by atoms with E-state index in [-0.39, 0.29) is 19.4 Å². The van der Waals surface area contributed by atoms with Crippen LogP contribution < -0.4 is 10.6 Å². The molecule has 0 aliphatic rings. The average Bonchev–Trinajstić information content (AvgIpc) is 2.85. The molecular weight excluding hydrogens is 364 g/mol. The smallest absolute Gasteiger partial charge is 0.326 e. The highest BCUT2D eigenvalue weighted by Gasteiger charge is 2.21. The van der Waals surface area contributed by atoms with Crippen molar-refractivity contribution in [2.45, 2.75) is 25.4 Å². The van der Waals surface area contributed by atoms with Gasteiger partial charge in [0.1, 0.15) is 6.04 Å². The highest BCUT2D eigenvalue weighted by molar-refractivity contribution is 9.10. The quantitative estimate of drug-likeness (QED) is 0.626. The van der Waals surface area contributed by atoms with Gasteiger partial charge in [-0.15, -0.1) is 11.3 Å². The number of carboxylic acids is 1. The Labute approximate surface area is 133 Å². The highest BCUT2D eigenvalue weighted by Crippen LogP contribution is 2.22. The topological polar surface area (TPSA) is 105 Å². The van der Waals surface area contributed by atoms with Crippen molar-refractivity contribution in [3.63, 3.8) is 0 Å². The Morgan fingerprint density at radius 2 is 2.19 bits per heavy atom. The number of hydrogen-bond donors (Lipinski definition) is 3. The molecule has 0 saturated heterocycles. The minimum atomic E-state index is -1.20. The number of halogens is 1. The van der Waals surface area contributed by atoms with Crippen LogP contribution in [0.1, 0.15) is 17.7 Å². The van der Waals surface area contributed by atoms with E-state index in [4.69, 9.17) is 5.11 Å². The number of esters is 1. The summed E-state index contributed by atoms with van der Waals surface area (Å²) in [6.45, 7) is 0.285. The van der Waals surface area contributed by atoms with Crippen molar-refractivity contribution in [1.29, 1.82) is 0 Å². The Morgan fingerprint density at radius 1 is 1.48 bits per heavy atom. The maximum absolute atomic E-state index is 11.7. The number of aliphatic carboxylic acids is 1. The number of carboxylic acid groups (broad SMARTS) is 1. The third kappa shape index (κ3) is 6.13. The molecule has 0 aliphatic carbocycles. The molecule has 0 aromatic carbocycles. The minimum Gasteiger partial charge on any atom is -0.480 e. The summed E-state index contributed by atoms with van der Waals surface area (Å²) in [6, 6.07) is 0.110. The summed E-state index contributed by atoms with van der Waals surface area (Å²) in [5.74, 6) is -1.72. The Kier molecular flexibility index (Phi) is 7.17. The summed E-state index contributed by atoms with van der Waals surface area (Å²) in [5.41, 5.74) is 0. The number of carbonyl (C=O) groups excluding carboxylic acids is 2. The second kappa shape index (κ2) is 8.63. The van der Waals surface area contributed by atoms with Crippen LogP contribution in [-0.4, -0.2) is 36.2 Å². The fraction of sp³-hybridized carbons (Fsp3) is 0.417. The third-order valence-corrected chi connectivity index (χ3v) is 4.50. The summed E-state index contributed by atoms with van der Waals surface area (Å²) in [4.78, 5) is 34.6. The van der Waals surface area contributed by atoms with E-state index >= 15 is 0 Å². The SMILES string of the molecule is COC(=O)CC[C@@H](NC(=O)NCc1sccc1Br)C(=O)O. The first-order valence-electron chi connectivity index (χ1n) is 6.00. The summed E-state index contributed by atoms with van der Waals surface area (Å²) in [6.07, 6.45) is -0.109. The van der Waals surface area contributed by atoms with E-state index in [1.54, 1.807) is 0 Å². The summed E-state index contributed by atoms with van der Waals surface area (Å²) in [7, 11) is 1.22. The van der Waals surface area contributed by atoms with Gasteiger partial charge in [-0.2, -0.15) is 0 Å². The maximum Gasteiger partial charge on any atom is 0.326 e. The molecule has 0 spiro atoms. The molecule has 7 nitrogen and oxygen atoms in total. The molecule has 3 N–H and O–H groups in total. The van der Waals surface area contributed by atoms with Gasteiger partial charge in [-0.1, -0.05) is 0 Å². The minimum absolute atomic E-state index is 0.0296. The number of rotatable bonds is 7. The first-order chi connectivity index (χ1) is 9.93. The molecule has 116 valence electrons. The molecule has 2 amide bonds. The Bertz CT molecular complexity index is 520. The van der Waals surface area contributed by atoms with Crippen LogP contribution in [0.5, 0.6) is 0 Å². The zero-order valence-corrected chi connectivity index (χ0v) is 13.6. The first-order valence-corrected chi connectivity index (χ1v) is 7.67. The van der Waals surface area contributed by atoms with Gasteiger partial charge < -0.3 is 20.5 Å². The van der Waals surface area contributed by atoms with Crippen LogP contribution >= 0.6 is 27.3 Å². The summed E-state index contributed by atoms with van der Waals surface area (Å²) >= 11 is 4.80. The van der Waals surface area contributed by atoms with E-state index < -0.39 is 24.0 Å². The van der Waals surface area contributed by atoms with Crippen LogP contribution in [0.4, 0.5) is 4.79 Å². The number of hydrogen-bond acceptors (Lipinski definition) is 5. The largest absolute Gasteiger partial charge is 0.480 e. The van der Waals surface area contributed by atoms with Gasteiger partial charge in [0.15, 0.2) is 0 Å². The number of methoxy groups -OCH3 is 1. The van der Waals surface area contributed by atoms with Crippen molar-refractivity contribution in [2.24, 2.45) is 0 Å². The normalized spacial score (nSPS) is 11.5. The van der Waals surface area contributed by atoms with Gasteiger partial charge in [0.2, 0.25) is 0 Å². The van der Waals surface area contributed by atoms with Crippen molar-refractivity contribution in [3.05, 3.63) is 20.8 Å². The fourth-order valence-corrected chi connectivity index (χ4v) is 2.87. The molecule has 0 aliphatic heterocycles. The van der Waals surface area contributed by atoms with Crippen LogP contribution in [0.3, 0.4) is 0 Å². The lowest BCUT2D eigenvalue weighted by Crippen LogP contribution is -2.45. The molecule has 0 saturated carbocycles. The molecule has 1 aromatic rings. The molecular formula is C12H15BrN2O5S. The van der Waals surface area contributed by atoms with Gasteiger partial charge in [0.25, 0.3) is 0 Å². The van der Waals surface area contributed by atoms with Crippen molar-refractivity contribution in [3.8, 4) is 0 Å². The van der Waals surface area contributed by atoms with Gasteiger partial charge in [-0.25, -0.2) is 9.59 Å². The first kappa shape index (κ1) is 17.4. The van der Waals surface area contributed by atoms with Gasteiger partial charge >= 0.3 is 18.0 Å². The lowest BCUT2D eigenvalue weighted by atomic mass is 10.1. The van der Waals surface area contributed by atoms with Crippen LogP contribution in [0.25, 0.3) is 0 Å². The van der Waals surface area contributed by atoms with Crippen molar-refractivity contribution in [2.75, 3.05) is 7.11 Å². The van der Waals surface area contributed by atoms with E-state index in [1.165, 1.54) is 18.4 Å². The number of carbonyl (C=O) groups is 3. The van der Waals surface area contributed by atoms with Crippen molar-refractivity contribution < 1.29 is 24.2 Å². The van der Waals surface area contributed by atoms with Gasteiger partial charge in [-0.05, 0) is 33.8 Å². The molecule has 0 bridgehead atoms. The number of urea groups is 1. The van der Waals surface area contributed by atoms with Gasteiger partial charge in [0.05, 0.1) is 13.7 Å². The van der Waals surface area contributed by atoms with Crippen LogP contribution in [0.2, 0.25) is 0 Å². The Hall–Kier alpha value is -1.61. The second-order valence-electron chi connectivity index (χ2n) is 4.02. The summed E-state index contributed by atoms with van der Waals surface area (Å²) < 4.78 is 5.31. The zero-order valence-electron chi connectivity index (χ0n) is 11.2. The fourth-order valence-electron chi connectivity index (χ4n) is 1.44. The predicted molar refractivity (Wildman–Crippen MR) is 80.1 cm³/mol. The molecule has 1 aromatic heterocycles. The molecule has 1 rings (SSSR count). The standard InChI is InChI=1S/C12H15BrN2O5S/c1-20-10(16)3-2-8(11(17)18)15-12(19)14-6-9-7(13)4-5-21-9/h4-5,8H,2-3,6H2,1H3,(H,17,18)(H2,14,15,19)/t8-/m1/s1. The monoisotopic (exact) mass is 378 g/mol. The molecule has 0 unspecified atom stereocenters. The molecule has 0 fully saturated rings. The maximum atomic E-state index is 11.7. The van der Waals surface area contributed by atoms with Gasteiger partial charge in [-0.3, -0.25) is 4.79 Å². The molecule has 0 radical (unpaired) electrons. The van der Waals surface area contributed by atoms with E-state index in [1.807, 2.05) is 11.4 Å². The third-order valence-electron chi connectivity index (χ3n) is 2.57. The Morgan fingerprint density at radius 3 is 2.71 bits per heavy atom. The molecule has 1 heterocycles. The number of ether oxygens (including phenoxy) is 1. The lowest BCUT2D eigenvalue weighted by molar-refractivity contribution is -0.142. The van der Waals surface area contributed by atoms with Crippen molar-refractivity contribution >= 4 is 45.2 Å². The predicted octanol–water partition coefficient (Wildman–Crippen LogP) is 1.72. The number of thiophene rings is 1. The van der Waals surface area contributed by atoms with Crippen LogP contribution in [0, 0.1) is 0 Å². The van der Waals surface area contributed by atoms with Crippen molar-refractivity contribution in [1.82, 2.24) is 10.6 Å². The van der Waals surface area contributed by atoms with E-state index in [0.717, 1.165) is 9.35 Å². The number of nitrogens with one attached hydrogen (secondary N) is 2. The van der Waals surface area contributed by atoms with Gasteiger partial charge in [0, 0.05) is 15.8 Å². The number of amides is 2. The Balaban J connectivity index is 2.43. The van der Waals surface area contributed by atoms with E-state index in [2.05, 4.69) is 31.3 Å². The van der Waals surface area contributed by atoms with E-state index in [0.29, 0.717) is 0 Å². The second-order valence-corrected chi connectivity index (χ2v) is 5.88. The molecule has 21 heavy (non-hydrogen) atoms. The van der Waals surface area contributed by atoms with Crippen LogP contribution in [-0.2, 0) is 20.9 Å². The molecule has 9 heteroatoms. The average molecular weight is 379 g/mol.